The highest BCUT2D eigenvalue weighted by atomic mass is 16.1. The fraction of sp³-hybridized carbons (Fsp3) is 0.562. The van der Waals surface area contributed by atoms with Gasteiger partial charge in [-0.25, -0.2) is 0 Å². The van der Waals surface area contributed by atoms with E-state index in [1.54, 1.807) is 0 Å². The Kier molecular flexibility index (Phi) is 3.66. The lowest BCUT2D eigenvalue weighted by atomic mass is 9.85. The van der Waals surface area contributed by atoms with Crippen LogP contribution in [-0.2, 0) is 12.8 Å². The van der Waals surface area contributed by atoms with E-state index in [1.807, 2.05) is 13.0 Å². The molecule has 0 aromatic heterocycles. The molecule has 1 aliphatic carbocycles. The molecular weight excluding hydrogens is 208 g/mol. The smallest absolute Gasteiger partial charge is 0.165 e. The number of carbonyl (C=O) groups excluding carboxylic acids is 1. The lowest BCUT2D eigenvalue weighted by Gasteiger charge is -2.18. The number of Topliss-reactive ketones (excluding diaryl/α,β-unsaturated/α-hetero) is 1. The van der Waals surface area contributed by atoms with Gasteiger partial charge in [0, 0.05) is 11.5 Å². The topological polar surface area (TPSA) is 17.1 Å². The Labute approximate surface area is 104 Å². The van der Waals surface area contributed by atoms with E-state index in [1.165, 1.54) is 30.4 Å². The average molecular weight is 230 g/mol. The quantitative estimate of drug-likeness (QED) is 0.716. The summed E-state index contributed by atoms with van der Waals surface area (Å²) in [5.74, 6) is 0.837. The lowest BCUT2D eigenvalue weighted by Crippen LogP contribution is -2.17. The third-order valence-corrected chi connectivity index (χ3v) is 4.05. The van der Waals surface area contributed by atoms with Crippen molar-refractivity contribution in [2.24, 2.45) is 11.8 Å². The maximum Gasteiger partial charge on any atom is 0.165 e. The number of carbonyl (C=O) groups is 1. The number of ketones is 1. The minimum atomic E-state index is 0.122. The molecule has 1 aromatic carbocycles. The van der Waals surface area contributed by atoms with E-state index in [-0.39, 0.29) is 5.92 Å². The number of rotatable bonds is 3. The minimum Gasteiger partial charge on any atom is -0.294 e. The Balaban J connectivity index is 2.25. The second kappa shape index (κ2) is 5.03. The van der Waals surface area contributed by atoms with Crippen LogP contribution in [0.25, 0.3) is 0 Å². The molecule has 1 atom stereocenters. The minimum absolute atomic E-state index is 0.122. The molecule has 0 fully saturated rings. The van der Waals surface area contributed by atoms with Gasteiger partial charge in [-0.1, -0.05) is 32.9 Å². The van der Waals surface area contributed by atoms with Gasteiger partial charge in [-0.2, -0.15) is 0 Å². The zero-order valence-corrected chi connectivity index (χ0v) is 11.1. The lowest BCUT2D eigenvalue weighted by molar-refractivity contribution is 0.0899. The second-order valence-corrected chi connectivity index (χ2v) is 5.59. The van der Waals surface area contributed by atoms with E-state index < -0.39 is 0 Å². The first-order valence-electron chi connectivity index (χ1n) is 6.75. The summed E-state index contributed by atoms with van der Waals surface area (Å²) < 4.78 is 0. The van der Waals surface area contributed by atoms with Gasteiger partial charge in [0.15, 0.2) is 5.78 Å². The van der Waals surface area contributed by atoms with Gasteiger partial charge in [-0.05, 0) is 48.8 Å². The first-order valence-corrected chi connectivity index (χ1v) is 6.75. The molecule has 92 valence electrons. The van der Waals surface area contributed by atoms with E-state index in [4.69, 9.17) is 0 Å². The molecule has 17 heavy (non-hydrogen) atoms. The van der Waals surface area contributed by atoms with Crippen LogP contribution in [0.1, 0.15) is 55.1 Å². The Hall–Kier alpha value is -1.11. The van der Waals surface area contributed by atoms with Gasteiger partial charge in [-0.3, -0.25) is 4.79 Å². The molecule has 0 saturated carbocycles. The number of benzene rings is 1. The Morgan fingerprint density at radius 3 is 2.35 bits per heavy atom. The fourth-order valence-corrected chi connectivity index (χ4v) is 2.45. The largest absolute Gasteiger partial charge is 0.294 e. The van der Waals surface area contributed by atoms with Crippen molar-refractivity contribution in [1.82, 2.24) is 0 Å². The van der Waals surface area contributed by atoms with Crippen LogP contribution in [0.2, 0.25) is 0 Å². The Bertz CT molecular complexity index is 418. The fourth-order valence-electron chi connectivity index (χ4n) is 2.45. The van der Waals surface area contributed by atoms with Crippen LogP contribution < -0.4 is 0 Å². The van der Waals surface area contributed by atoms with Crippen molar-refractivity contribution in [3.8, 4) is 0 Å². The van der Waals surface area contributed by atoms with Gasteiger partial charge in [-0.15, -0.1) is 0 Å². The van der Waals surface area contributed by atoms with Crippen LogP contribution in [0.3, 0.4) is 0 Å². The van der Waals surface area contributed by atoms with Crippen molar-refractivity contribution in [2.45, 2.75) is 46.5 Å². The summed E-state index contributed by atoms with van der Waals surface area (Å²) in [5.41, 5.74) is 3.76. The number of aryl methyl sites for hydroxylation is 2. The molecule has 0 bridgehead atoms. The van der Waals surface area contributed by atoms with Crippen molar-refractivity contribution in [1.29, 1.82) is 0 Å². The molecule has 1 aromatic rings. The first kappa shape index (κ1) is 12.3. The van der Waals surface area contributed by atoms with E-state index in [2.05, 4.69) is 26.0 Å². The predicted octanol–water partition coefficient (Wildman–Crippen LogP) is 4.04. The van der Waals surface area contributed by atoms with Gasteiger partial charge >= 0.3 is 0 Å². The number of fused-ring (bicyclic) bond motifs is 1. The molecule has 1 aliphatic rings. The van der Waals surface area contributed by atoms with Gasteiger partial charge < -0.3 is 0 Å². The van der Waals surface area contributed by atoms with Crippen LogP contribution in [0.5, 0.6) is 0 Å². The molecule has 0 spiro atoms. The normalized spacial score (nSPS) is 16.7. The van der Waals surface area contributed by atoms with E-state index >= 15 is 0 Å². The number of hydrogen-bond acceptors (Lipinski definition) is 1. The summed E-state index contributed by atoms with van der Waals surface area (Å²) in [6, 6.07) is 6.32. The molecule has 0 aliphatic heterocycles. The summed E-state index contributed by atoms with van der Waals surface area (Å²) in [6.07, 6.45) is 4.89. The average Bonchev–Trinajstić information content (AvgIpc) is 2.36. The van der Waals surface area contributed by atoms with E-state index in [0.29, 0.717) is 11.7 Å². The molecule has 0 heterocycles. The predicted molar refractivity (Wildman–Crippen MR) is 71.4 cm³/mol. The van der Waals surface area contributed by atoms with Gasteiger partial charge in [0.1, 0.15) is 0 Å². The third-order valence-electron chi connectivity index (χ3n) is 4.05. The van der Waals surface area contributed by atoms with Crippen LogP contribution in [-0.4, -0.2) is 5.78 Å². The van der Waals surface area contributed by atoms with Crippen LogP contribution >= 0.6 is 0 Å². The standard InChI is InChI=1S/C16H22O/c1-11(2)12(3)16(17)15-9-8-13-6-4-5-7-14(13)10-15/h8-12H,4-7H2,1-3H3. The molecule has 0 radical (unpaired) electrons. The molecular formula is C16H22O. The van der Waals surface area contributed by atoms with Crippen LogP contribution in [0, 0.1) is 11.8 Å². The van der Waals surface area contributed by atoms with Crippen molar-refractivity contribution in [3.63, 3.8) is 0 Å². The Morgan fingerprint density at radius 2 is 1.71 bits per heavy atom. The van der Waals surface area contributed by atoms with Gasteiger partial charge in [0.05, 0.1) is 0 Å². The van der Waals surface area contributed by atoms with Crippen molar-refractivity contribution in [3.05, 3.63) is 34.9 Å². The molecule has 0 saturated heterocycles. The molecule has 0 N–H and O–H groups in total. The maximum absolute atomic E-state index is 12.3. The monoisotopic (exact) mass is 230 g/mol. The van der Waals surface area contributed by atoms with Gasteiger partial charge in [0.25, 0.3) is 0 Å². The Morgan fingerprint density at radius 1 is 1.06 bits per heavy atom. The summed E-state index contributed by atoms with van der Waals surface area (Å²) in [6.45, 7) is 6.26. The highest BCUT2D eigenvalue weighted by Gasteiger charge is 2.19. The van der Waals surface area contributed by atoms with Crippen LogP contribution in [0.15, 0.2) is 18.2 Å². The van der Waals surface area contributed by atoms with Crippen molar-refractivity contribution >= 4 is 5.78 Å². The van der Waals surface area contributed by atoms with Crippen LogP contribution in [0.4, 0.5) is 0 Å². The zero-order chi connectivity index (χ0) is 12.4. The van der Waals surface area contributed by atoms with E-state index in [0.717, 1.165) is 12.0 Å². The zero-order valence-electron chi connectivity index (χ0n) is 11.1. The maximum atomic E-state index is 12.3. The van der Waals surface area contributed by atoms with Crippen molar-refractivity contribution < 1.29 is 4.79 Å². The molecule has 0 amide bonds. The molecule has 2 rings (SSSR count). The summed E-state index contributed by atoms with van der Waals surface area (Å²) in [7, 11) is 0. The van der Waals surface area contributed by atoms with E-state index in [9.17, 15) is 4.79 Å². The second-order valence-electron chi connectivity index (χ2n) is 5.59. The molecule has 1 heteroatoms. The summed E-state index contributed by atoms with van der Waals surface area (Å²) in [5, 5.41) is 0. The number of hydrogen-bond donors (Lipinski definition) is 0. The first-order chi connectivity index (χ1) is 8.09. The molecule has 1 nitrogen and oxygen atoms in total. The highest BCUT2D eigenvalue weighted by Crippen LogP contribution is 2.24. The van der Waals surface area contributed by atoms with Crippen molar-refractivity contribution in [2.75, 3.05) is 0 Å². The highest BCUT2D eigenvalue weighted by molar-refractivity contribution is 5.98. The molecule has 1 unspecified atom stereocenters. The third kappa shape index (κ3) is 2.59. The summed E-state index contributed by atoms with van der Waals surface area (Å²) >= 11 is 0. The summed E-state index contributed by atoms with van der Waals surface area (Å²) in [4.78, 5) is 12.3. The van der Waals surface area contributed by atoms with Gasteiger partial charge in [0.2, 0.25) is 0 Å². The SMILES string of the molecule is CC(C)C(C)C(=O)c1ccc2c(c1)CCCC2.